The minimum Gasteiger partial charge on any atom is -0.467 e. The van der Waals surface area contributed by atoms with Crippen LogP contribution >= 0.6 is 27.5 Å². The number of benzene rings is 1. The number of carbonyl (C=O) groups excluding carboxylic acids is 1. The molecule has 88 valence electrons. The van der Waals surface area contributed by atoms with E-state index in [0.717, 1.165) is 7.11 Å². The first-order valence-electron chi connectivity index (χ1n) is 4.35. The van der Waals surface area contributed by atoms with Crippen LogP contribution in [-0.2, 0) is 9.53 Å². The quantitative estimate of drug-likeness (QED) is 0.834. The minimum absolute atomic E-state index is 0.331. The van der Waals surface area contributed by atoms with E-state index in [1.807, 2.05) is 0 Å². The van der Waals surface area contributed by atoms with Crippen molar-refractivity contribution in [2.45, 2.75) is 12.2 Å². The van der Waals surface area contributed by atoms with E-state index in [9.17, 15) is 15.0 Å². The van der Waals surface area contributed by atoms with Crippen LogP contribution in [0.5, 0.6) is 0 Å². The zero-order chi connectivity index (χ0) is 12.3. The highest BCUT2D eigenvalue weighted by atomic mass is 79.9. The van der Waals surface area contributed by atoms with E-state index in [1.54, 1.807) is 12.1 Å². The highest BCUT2D eigenvalue weighted by Crippen LogP contribution is 2.25. The standard InChI is InChI=1S/C10H10BrClO4/c1-16-10(15)9(14)8(13)5-2-6(11)4-7(12)3-5/h2-4,8-9,13-14H,1H3. The molecule has 6 heteroatoms. The first-order chi connectivity index (χ1) is 7.45. The molecule has 0 heterocycles. The topological polar surface area (TPSA) is 66.8 Å². The second-order valence-corrected chi connectivity index (χ2v) is 4.47. The Bertz CT molecular complexity index is 376. The Kier molecular flexibility index (Phi) is 4.73. The summed E-state index contributed by atoms with van der Waals surface area (Å²) in [6.45, 7) is 0. The van der Waals surface area contributed by atoms with Crippen LogP contribution in [0.4, 0.5) is 0 Å². The summed E-state index contributed by atoms with van der Waals surface area (Å²) in [6.07, 6.45) is -3.00. The molecule has 0 bridgehead atoms. The number of hydrogen-bond acceptors (Lipinski definition) is 4. The van der Waals surface area contributed by atoms with Gasteiger partial charge in [0, 0.05) is 9.50 Å². The Balaban J connectivity index is 2.95. The van der Waals surface area contributed by atoms with Crippen LogP contribution in [0.25, 0.3) is 0 Å². The van der Waals surface area contributed by atoms with E-state index in [1.165, 1.54) is 6.07 Å². The van der Waals surface area contributed by atoms with Crippen LogP contribution in [0, 0.1) is 0 Å². The number of hydrogen-bond donors (Lipinski definition) is 2. The fraction of sp³-hybridized carbons (Fsp3) is 0.300. The van der Waals surface area contributed by atoms with Crippen LogP contribution in [0.3, 0.4) is 0 Å². The molecular formula is C10H10BrClO4. The third-order valence-electron chi connectivity index (χ3n) is 1.97. The van der Waals surface area contributed by atoms with Crippen LogP contribution in [-0.4, -0.2) is 29.4 Å². The number of aliphatic hydroxyl groups is 2. The van der Waals surface area contributed by atoms with Crippen molar-refractivity contribution in [1.82, 2.24) is 0 Å². The predicted molar refractivity (Wildman–Crippen MR) is 62.1 cm³/mol. The Morgan fingerprint density at radius 2 is 2.06 bits per heavy atom. The Morgan fingerprint density at radius 1 is 1.44 bits per heavy atom. The van der Waals surface area contributed by atoms with Crippen molar-refractivity contribution in [3.05, 3.63) is 33.3 Å². The van der Waals surface area contributed by atoms with Crippen LogP contribution in [0.2, 0.25) is 5.02 Å². The Labute approximate surface area is 106 Å². The van der Waals surface area contributed by atoms with E-state index in [0.29, 0.717) is 15.1 Å². The molecule has 1 aromatic rings. The molecular weight excluding hydrogens is 299 g/mol. The molecule has 16 heavy (non-hydrogen) atoms. The van der Waals surface area contributed by atoms with E-state index >= 15 is 0 Å². The molecule has 1 aromatic carbocycles. The van der Waals surface area contributed by atoms with Gasteiger partial charge in [0.1, 0.15) is 6.10 Å². The molecule has 2 N–H and O–H groups in total. The summed E-state index contributed by atoms with van der Waals surface area (Å²) < 4.78 is 4.97. The molecule has 0 aliphatic carbocycles. The van der Waals surface area contributed by atoms with Gasteiger partial charge in [0.15, 0.2) is 6.10 Å². The molecule has 0 aliphatic heterocycles. The van der Waals surface area contributed by atoms with Crippen molar-refractivity contribution in [3.63, 3.8) is 0 Å². The zero-order valence-corrected chi connectivity index (χ0v) is 10.7. The number of ether oxygens (including phenoxy) is 1. The lowest BCUT2D eigenvalue weighted by Gasteiger charge is -2.16. The molecule has 0 saturated carbocycles. The van der Waals surface area contributed by atoms with Crippen LogP contribution in [0.1, 0.15) is 11.7 Å². The van der Waals surface area contributed by atoms with E-state index in [2.05, 4.69) is 20.7 Å². The smallest absolute Gasteiger partial charge is 0.337 e. The number of aliphatic hydroxyl groups excluding tert-OH is 2. The van der Waals surface area contributed by atoms with E-state index in [-0.39, 0.29) is 0 Å². The highest BCUT2D eigenvalue weighted by Gasteiger charge is 2.26. The molecule has 0 aliphatic rings. The molecule has 0 spiro atoms. The SMILES string of the molecule is COC(=O)C(O)C(O)c1cc(Cl)cc(Br)c1. The summed E-state index contributed by atoms with van der Waals surface area (Å²) in [6, 6.07) is 4.65. The second kappa shape index (κ2) is 5.63. The zero-order valence-electron chi connectivity index (χ0n) is 8.35. The maximum atomic E-state index is 11.0. The summed E-state index contributed by atoms with van der Waals surface area (Å²) in [5.41, 5.74) is 0.331. The molecule has 4 nitrogen and oxygen atoms in total. The van der Waals surface area contributed by atoms with Crippen molar-refractivity contribution in [2.75, 3.05) is 7.11 Å². The highest BCUT2D eigenvalue weighted by molar-refractivity contribution is 9.10. The van der Waals surface area contributed by atoms with Gasteiger partial charge in [-0.3, -0.25) is 0 Å². The van der Waals surface area contributed by atoms with Gasteiger partial charge < -0.3 is 14.9 Å². The molecule has 2 atom stereocenters. The lowest BCUT2D eigenvalue weighted by molar-refractivity contribution is -0.156. The fourth-order valence-corrected chi connectivity index (χ4v) is 2.06. The van der Waals surface area contributed by atoms with Crippen molar-refractivity contribution in [2.24, 2.45) is 0 Å². The fourth-order valence-electron chi connectivity index (χ4n) is 1.18. The Hall–Kier alpha value is -0.620. The minimum atomic E-state index is -1.63. The second-order valence-electron chi connectivity index (χ2n) is 3.12. The summed E-state index contributed by atoms with van der Waals surface area (Å²) in [5.74, 6) is -0.899. The average molecular weight is 310 g/mol. The van der Waals surface area contributed by atoms with Crippen LogP contribution in [0.15, 0.2) is 22.7 Å². The van der Waals surface area contributed by atoms with Gasteiger partial charge in [-0.05, 0) is 23.8 Å². The van der Waals surface area contributed by atoms with Gasteiger partial charge in [-0.2, -0.15) is 0 Å². The summed E-state index contributed by atoms with van der Waals surface area (Å²) in [5, 5.41) is 19.5. The molecule has 0 saturated heterocycles. The van der Waals surface area contributed by atoms with Crippen molar-refractivity contribution < 1.29 is 19.7 Å². The maximum Gasteiger partial charge on any atom is 0.337 e. The summed E-state index contributed by atoms with van der Waals surface area (Å²) in [4.78, 5) is 11.0. The van der Waals surface area contributed by atoms with Crippen molar-refractivity contribution in [1.29, 1.82) is 0 Å². The van der Waals surface area contributed by atoms with Crippen molar-refractivity contribution in [3.8, 4) is 0 Å². The van der Waals surface area contributed by atoms with E-state index in [4.69, 9.17) is 11.6 Å². The average Bonchev–Trinajstić information content (AvgIpc) is 2.24. The van der Waals surface area contributed by atoms with Gasteiger partial charge in [-0.25, -0.2) is 4.79 Å². The molecule has 0 aromatic heterocycles. The Morgan fingerprint density at radius 3 is 2.56 bits per heavy atom. The molecule has 0 amide bonds. The number of carbonyl (C=O) groups is 1. The molecule has 0 radical (unpaired) electrons. The van der Waals surface area contributed by atoms with Crippen molar-refractivity contribution >= 4 is 33.5 Å². The van der Waals surface area contributed by atoms with Gasteiger partial charge in [0.05, 0.1) is 7.11 Å². The summed E-state index contributed by atoms with van der Waals surface area (Å²) >= 11 is 8.96. The lowest BCUT2D eigenvalue weighted by Crippen LogP contribution is -2.29. The van der Waals surface area contributed by atoms with Crippen LogP contribution < -0.4 is 0 Å². The first kappa shape index (κ1) is 13.4. The summed E-state index contributed by atoms with van der Waals surface area (Å²) in [7, 11) is 1.13. The third-order valence-corrected chi connectivity index (χ3v) is 2.64. The van der Waals surface area contributed by atoms with Gasteiger partial charge in [-0.15, -0.1) is 0 Å². The number of halogens is 2. The van der Waals surface area contributed by atoms with Gasteiger partial charge in [-0.1, -0.05) is 27.5 Å². The number of rotatable bonds is 3. The molecule has 0 fully saturated rings. The maximum absolute atomic E-state index is 11.0. The molecule has 1 rings (SSSR count). The largest absolute Gasteiger partial charge is 0.467 e. The third kappa shape index (κ3) is 3.18. The van der Waals surface area contributed by atoms with Gasteiger partial charge >= 0.3 is 5.97 Å². The monoisotopic (exact) mass is 308 g/mol. The first-order valence-corrected chi connectivity index (χ1v) is 5.52. The number of esters is 1. The van der Waals surface area contributed by atoms with Gasteiger partial charge in [0.25, 0.3) is 0 Å². The van der Waals surface area contributed by atoms with Gasteiger partial charge in [0.2, 0.25) is 0 Å². The number of methoxy groups -OCH3 is 1. The predicted octanol–water partition coefficient (Wildman–Crippen LogP) is 1.67. The molecule has 2 unspecified atom stereocenters. The normalized spacial score (nSPS) is 14.3. The van der Waals surface area contributed by atoms with E-state index < -0.39 is 18.2 Å². The lowest BCUT2D eigenvalue weighted by atomic mass is 10.0.